The van der Waals surface area contributed by atoms with Crippen molar-refractivity contribution in [1.82, 2.24) is 0 Å². The van der Waals surface area contributed by atoms with Crippen LogP contribution in [0.15, 0.2) is 11.6 Å². The maximum atomic E-state index is 9.62. The van der Waals surface area contributed by atoms with Crippen molar-refractivity contribution in [3.05, 3.63) is 11.6 Å². The molecule has 11 heavy (non-hydrogen) atoms. The maximum absolute atomic E-state index is 9.62. The van der Waals surface area contributed by atoms with E-state index in [4.69, 9.17) is 0 Å². The van der Waals surface area contributed by atoms with Crippen LogP contribution >= 0.6 is 0 Å². The van der Waals surface area contributed by atoms with Gasteiger partial charge < -0.3 is 5.11 Å². The lowest BCUT2D eigenvalue weighted by Crippen LogP contribution is -2.33. The Morgan fingerprint density at radius 1 is 1.55 bits per heavy atom. The van der Waals surface area contributed by atoms with Gasteiger partial charge in [0.25, 0.3) is 0 Å². The molecule has 0 aliphatic heterocycles. The Hall–Kier alpha value is -0.300. The Balaban J connectivity index is 2.67. The average molecular weight is 154 g/mol. The van der Waals surface area contributed by atoms with E-state index in [2.05, 4.69) is 26.8 Å². The molecule has 0 heterocycles. The molecule has 64 valence electrons. The fourth-order valence-electron chi connectivity index (χ4n) is 1.75. The van der Waals surface area contributed by atoms with Gasteiger partial charge in [0.05, 0.1) is 6.10 Å². The van der Waals surface area contributed by atoms with Crippen LogP contribution in [0.2, 0.25) is 0 Å². The highest BCUT2D eigenvalue weighted by Crippen LogP contribution is 2.38. The maximum Gasteiger partial charge on any atom is 0.0597 e. The van der Waals surface area contributed by atoms with E-state index >= 15 is 0 Å². The van der Waals surface area contributed by atoms with Crippen molar-refractivity contribution in [2.24, 2.45) is 5.41 Å². The normalized spacial score (nSPS) is 34.2. The molecule has 1 fully saturated rings. The first-order chi connectivity index (χ1) is 5.06. The van der Waals surface area contributed by atoms with Crippen LogP contribution in [-0.2, 0) is 0 Å². The monoisotopic (exact) mass is 154 g/mol. The lowest BCUT2D eigenvalue weighted by Gasteiger charge is -2.36. The highest BCUT2D eigenvalue weighted by atomic mass is 16.3. The predicted molar refractivity (Wildman–Crippen MR) is 47.4 cm³/mol. The van der Waals surface area contributed by atoms with Gasteiger partial charge in [-0.3, -0.25) is 0 Å². The molecule has 0 spiro atoms. The van der Waals surface area contributed by atoms with Crippen LogP contribution < -0.4 is 0 Å². The molecule has 1 atom stereocenters. The van der Waals surface area contributed by atoms with Gasteiger partial charge in [0, 0.05) is 0 Å². The summed E-state index contributed by atoms with van der Waals surface area (Å²) >= 11 is 0. The largest absolute Gasteiger partial charge is 0.393 e. The third-order valence-corrected chi connectivity index (χ3v) is 2.73. The fourth-order valence-corrected chi connectivity index (χ4v) is 1.75. The Kier molecular flexibility index (Phi) is 2.38. The van der Waals surface area contributed by atoms with E-state index in [1.165, 1.54) is 5.57 Å². The van der Waals surface area contributed by atoms with E-state index in [1.54, 1.807) is 0 Å². The summed E-state index contributed by atoms with van der Waals surface area (Å²) in [5, 5.41) is 9.62. The molecule has 0 aromatic heterocycles. The number of aliphatic hydroxyl groups is 1. The van der Waals surface area contributed by atoms with Crippen LogP contribution in [0.4, 0.5) is 0 Å². The molecule has 1 nitrogen and oxygen atoms in total. The molecule has 0 bridgehead atoms. The third kappa shape index (κ3) is 1.84. The summed E-state index contributed by atoms with van der Waals surface area (Å²) in [6, 6.07) is 0. The molecule has 1 rings (SSSR count). The second-order valence-electron chi connectivity index (χ2n) is 4.17. The summed E-state index contributed by atoms with van der Waals surface area (Å²) in [6.45, 7) is 6.36. The quantitative estimate of drug-likeness (QED) is 0.531. The summed E-state index contributed by atoms with van der Waals surface area (Å²) in [4.78, 5) is 0. The lowest BCUT2D eigenvalue weighted by molar-refractivity contribution is 0.0292. The zero-order valence-corrected chi connectivity index (χ0v) is 7.72. The van der Waals surface area contributed by atoms with Gasteiger partial charge in [-0.2, -0.15) is 0 Å². The third-order valence-electron chi connectivity index (χ3n) is 2.73. The van der Waals surface area contributed by atoms with Gasteiger partial charge in [-0.15, -0.1) is 0 Å². The van der Waals surface area contributed by atoms with Crippen LogP contribution in [0.25, 0.3) is 0 Å². The Labute approximate surface area is 69.1 Å². The van der Waals surface area contributed by atoms with Gasteiger partial charge in [0.2, 0.25) is 0 Å². The number of rotatable bonds is 0. The van der Waals surface area contributed by atoms with Crippen LogP contribution in [0.5, 0.6) is 0 Å². The molecule has 0 radical (unpaired) electrons. The Morgan fingerprint density at radius 2 is 2.18 bits per heavy atom. The molecule has 0 amide bonds. The summed E-state index contributed by atoms with van der Waals surface area (Å²) in [5.74, 6) is 0. The molecule has 1 saturated carbocycles. The van der Waals surface area contributed by atoms with Gasteiger partial charge >= 0.3 is 0 Å². The number of hydrogen-bond donors (Lipinski definition) is 1. The molecule has 1 N–H and O–H groups in total. The Bertz CT molecular complexity index is 168. The first-order valence-electron chi connectivity index (χ1n) is 4.38. The predicted octanol–water partition coefficient (Wildman–Crippen LogP) is 2.50. The van der Waals surface area contributed by atoms with E-state index < -0.39 is 0 Å². The molecule has 1 aliphatic rings. The second-order valence-corrected chi connectivity index (χ2v) is 4.17. The second kappa shape index (κ2) is 2.98. The Morgan fingerprint density at radius 3 is 2.64 bits per heavy atom. The minimum Gasteiger partial charge on any atom is -0.393 e. The molecule has 0 aromatic carbocycles. The van der Waals surface area contributed by atoms with Gasteiger partial charge in [-0.05, 0) is 31.6 Å². The summed E-state index contributed by atoms with van der Waals surface area (Å²) in [5.41, 5.74) is 1.60. The van der Waals surface area contributed by atoms with Crippen molar-refractivity contribution in [3.63, 3.8) is 0 Å². The van der Waals surface area contributed by atoms with Crippen molar-refractivity contribution in [1.29, 1.82) is 0 Å². The van der Waals surface area contributed by atoms with E-state index in [0.29, 0.717) is 0 Å². The first kappa shape index (κ1) is 8.79. The zero-order valence-electron chi connectivity index (χ0n) is 7.72. The lowest BCUT2D eigenvalue weighted by atomic mass is 9.73. The van der Waals surface area contributed by atoms with Crippen LogP contribution in [0, 0.1) is 5.41 Å². The van der Waals surface area contributed by atoms with Crippen molar-refractivity contribution in [3.8, 4) is 0 Å². The summed E-state index contributed by atoms with van der Waals surface area (Å²) in [6.07, 6.45) is 5.16. The highest BCUT2D eigenvalue weighted by molar-refractivity contribution is 5.09. The van der Waals surface area contributed by atoms with Gasteiger partial charge in [-0.1, -0.05) is 25.5 Å². The molecule has 1 heteroatoms. The number of allylic oxidation sites excluding steroid dienone is 2. The molecular weight excluding hydrogens is 136 g/mol. The molecule has 1 aliphatic carbocycles. The van der Waals surface area contributed by atoms with E-state index in [1.807, 2.05) is 0 Å². The van der Waals surface area contributed by atoms with Gasteiger partial charge in [0.15, 0.2) is 0 Å². The molecule has 0 aromatic rings. The number of aliphatic hydroxyl groups excluding tert-OH is 1. The SMILES string of the molecule is C/C=C1/CC[C@H](O)C(C)(C)C1. The van der Waals surface area contributed by atoms with Crippen molar-refractivity contribution in [2.45, 2.75) is 46.1 Å². The average Bonchev–Trinajstić information content (AvgIpc) is 1.95. The minimum atomic E-state index is -0.105. The zero-order chi connectivity index (χ0) is 8.48. The van der Waals surface area contributed by atoms with Crippen molar-refractivity contribution in [2.75, 3.05) is 0 Å². The van der Waals surface area contributed by atoms with Crippen LogP contribution in [-0.4, -0.2) is 11.2 Å². The highest BCUT2D eigenvalue weighted by Gasteiger charge is 2.32. The van der Waals surface area contributed by atoms with Crippen LogP contribution in [0.3, 0.4) is 0 Å². The number of hydrogen-bond acceptors (Lipinski definition) is 1. The van der Waals surface area contributed by atoms with E-state index in [-0.39, 0.29) is 11.5 Å². The van der Waals surface area contributed by atoms with Crippen LogP contribution in [0.1, 0.15) is 40.0 Å². The molecule has 0 unspecified atom stereocenters. The van der Waals surface area contributed by atoms with Gasteiger partial charge in [0.1, 0.15) is 0 Å². The smallest absolute Gasteiger partial charge is 0.0597 e. The summed E-state index contributed by atoms with van der Waals surface area (Å²) < 4.78 is 0. The fraction of sp³-hybridized carbons (Fsp3) is 0.800. The molecule has 0 saturated heterocycles. The first-order valence-corrected chi connectivity index (χ1v) is 4.38. The molecular formula is C10H18O. The minimum absolute atomic E-state index is 0.0973. The topological polar surface area (TPSA) is 20.2 Å². The summed E-state index contributed by atoms with van der Waals surface area (Å²) in [7, 11) is 0. The van der Waals surface area contributed by atoms with Crippen molar-refractivity contribution >= 4 is 0 Å². The van der Waals surface area contributed by atoms with E-state index in [9.17, 15) is 5.11 Å². The van der Waals surface area contributed by atoms with E-state index in [0.717, 1.165) is 19.3 Å². The van der Waals surface area contributed by atoms with Crippen molar-refractivity contribution < 1.29 is 5.11 Å². The standard InChI is InChI=1S/C10H18O/c1-4-8-5-6-9(11)10(2,3)7-8/h4,9,11H,5-7H2,1-3H3/b8-4-/t9-/m0/s1. The van der Waals surface area contributed by atoms with Gasteiger partial charge in [-0.25, -0.2) is 0 Å².